The summed E-state index contributed by atoms with van der Waals surface area (Å²) in [6.07, 6.45) is 1.71. The van der Waals surface area contributed by atoms with Crippen molar-refractivity contribution in [1.29, 1.82) is 0 Å². The minimum absolute atomic E-state index is 0.0136. The summed E-state index contributed by atoms with van der Waals surface area (Å²) >= 11 is 5.51. The molecule has 0 amide bonds. The Morgan fingerprint density at radius 3 is 2.73 bits per heavy atom. The van der Waals surface area contributed by atoms with E-state index in [1.165, 1.54) is 12.1 Å². The first kappa shape index (κ1) is 20.0. The van der Waals surface area contributed by atoms with Crippen molar-refractivity contribution in [2.75, 3.05) is 13.2 Å². The third-order valence-electron chi connectivity index (χ3n) is 4.85. The second kappa shape index (κ2) is 8.62. The molecule has 30 heavy (non-hydrogen) atoms. The van der Waals surface area contributed by atoms with Gasteiger partial charge in [-0.2, -0.15) is 0 Å². The van der Waals surface area contributed by atoms with Crippen molar-refractivity contribution in [2.24, 2.45) is 0 Å². The lowest BCUT2D eigenvalue weighted by atomic mass is 10.0. The van der Waals surface area contributed by atoms with E-state index in [0.29, 0.717) is 16.6 Å². The number of rotatable bonds is 6. The van der Waals surface area contributed by atoms with Crippen LogP contribution in [0, 0.1) is 5.82 Å². The van der Waals surface area contributed by atoms with Crippen molar-refractivity contribution in [2.45, 2.75) is 19.0 Å². The maximum absolute atomic E-state index is 13.3. The largest absolute Gasteiger partial charge is 0.465 e. The highest BCUT2D eigenvalue weighted by atomic mass is 32.1. The second-order valence-electron chi connectivity index (χ2n) is 6.77. The van der Waals surface area contributed by atoms with Gasteiger partial charge in [-0.1, -0.05) is 6.07 Å². The van der Waals surface area contributed by atoms with Gasteiger partial charge in [0, 0.05) is 11.8 Å². The SMILES string of the molecule is CCOC(=O)CN1C(=S)NC(c2ccccn2)C1c1ccc(-c2ccc(F)cc2)o1. The van der Waals surface area contributed by atoms with Crippen LogP contribution < -0.4 is 5.32 Å². The van der Waals surface area contributed by atoms with Gasteiger partial charge in [-0.05, 0) is 67.7 Å². The summed E-state index contributed by atoms with van der Waals surface area (Å²) in [5.41, 5.74) is 1.53. The number of ether oxygens (including phenoxy) is 1. The van der Waals surface area contributed by atoms with Crippen molar-refractivity contribution in [3.8, 4) is 11.3 Å². The summed E-state index contributed by atoms with van der Waals surface area (Å²) in [4.78, 5) is 18.4. The molecule has 3 heterocycles. The monoisotopic (exact) mass is 425 g/mol. The Bertz CT molecular complexity index is 1040. The molecule has 1 fully saturated rings. The zero-order chi connectivity index (χ0) is 21.1. The van der Waals surface area contributed by atoms with E-state index in [-0.39, 0.29) is 31.0 Å². The Labute approximate surface area is 178 Å². The zero-order valence-corrected chi connectivity index (χ0v) is 17.1. The lowest BCUT2D eigenvalue weighted by molar-refractivity contribution is -0.143. The van der Waals surface area contributed by atoms with Crippen LogP contribution in [-0.2, 0) is 9.53 Å². The fourth-order valence-electron chi connectivity index (χ4n) is 3.51. The molecule has 1 aliphatic rings. The molecule has 0 spiro atoms. The highest BCUT2D eigenvalue weighted by Crippen LogP contribution is 2.40. The Kier molecular flexibility index (Phi) is 5.76. The van der Waals surface area contributed by atoms with Crippen LogP contribution in [0.1, 0.15) is 30.5 Å². The molecule has 3 aromatic rings. The second-order valence-corrected chi connectivity index (χ2v) is 7.16. The maximum atomic E-state index is 13.3. The van der Waals surface area contributed by atoms with Crippen LogP contribution >= 0.6 is 12.2 Å². The number of benzene rings is 1. The maximum Gasteiger partial charge on any atom is 0.325 e. The highest BCUT2D eigenvalue weighted by molar-refractivity contribution is 7.80. The van der Waals surface area contributed by atoms with Gasteiger partial charge in [-0.3, -0.25) is 9.78 Å². The predicted octanol–water partition coefficient (Wildman–Crippen LogP) is 4.02. The third kappa shape index (κ3) is 4.04. The standard InChI is InChI=1S/C22H20FN3O3S/c1-2-28-19(27)13-26-21(20(25-22(26)30)16-5-3-4-12-24-16)18-11-10-17(29-18)14-6-8-15(23)9-7-14/h3-12,20-21H,2,13H2,1H3,(H,25,30). The lowest BCUT2D eigenvalue weighted by Gasteiger charge is -2.25. The Morgan fingerprint density at radius 1 is 1.23 bits per heavy atom. The smallest absolute Gasteiger partial charge is 0.325 e. The molecule has 8 heteroatoms. The van der Waals surface area contributed by atoms with E-state index >= 15 is 0 Å². The van der Waals surface area contributed by atoms with Crippen molar-refractivity contribution in [3.05, 3.63) is 78.1 Å². The Balaban J connectivity index is 1.70. The zero-order valence-electron chi connectivity index (χ0n) is 16.2. The minimum Gasteiger partial charge on any atom is -0.465 e. The van der Waals surface area contributed by atoms with Gasteiger partial charge < -0.3 is 19.4 Å². The molecule has 2 aromatic heterocycles. The third-order valence-corrected chi connectivity index (χ3v) is 5.20. The van der Waals surface area contributed by atoms with E-state index < -0.39 is 6.04 Å². The van der Waals surface area contributed by atoms with E-state index in [2.05, 4.69) is 10.3 Å². The van der Waals surface area contributed by atoms with Gasteiger partial charge in [0.25, 0.3) is 0 Å². The molecule has 4 rings (SSSR count). The van der Waals surface area contributed by atoms with Crippen LogP contribution in [0.2, 0.25) is 0 Å². The Hall–Kier alpha value is -3.26. The quantitative estimate of drug-likeness (QED) is 0.473. The first-order chi connectivity index (χ1) is 14.6. The van der Waals surface area contributed by atoms with E-state index in [9.17, 15) is 9.18 Å². The fraction of sp³-hybridized carbons (Fsp3) is 0.227. The molecule has 1 aromatic carbocycles. The van der Waals surface area contributed by atoms with Gasteiger partial charge in [0.05, 0.1) is 18.3 Å². The van der Waals surface area contributed by atoms with Crippen LogP contribution in [0.25, 0.3) is 11.3 Å². The number of aromatic nitrogens is 1. The van der Waals surface area contributed by atoms with Crippen LogP contribution in [0.4, 0.5) is 4.39 Å². The summed E-state index contributed by atoms with van der Waals surface area (Å²) in [6.45, 7) is 2.03. The normalized spacial score (nSPS) is 18.3. The van der Waals surface area contributed by atoms with Crippen LogP contribution in [0.3, 0.4) is 0 Å². The average molecular weight is 425 g/mol. The molecule has 2 unspecified atom stereocenters. The van der Waals surface area contributed by atoms with Gasteiger partial charge >= 0.3 is 5.97 Å². The molecular formula is C22H20FN3O3S. The summed E-state index contributed by atoms with van der Waals surface area (Å²) in [5, 5.41) is 3.67. The molecule has 2 atom stereocenters. The first-order valence-electron chi connectivity index (χ1n) is 9.56. The number of hydrogen-bond donors (Lipinski definition) is 1. The molecule has 1 saturated heterocycles. The fourth-order valence-corrected chi connectivity index (χ4v) is 3.82. The molecule has 0 radical (unpaired) electrons. The number of esters is 1. The van der Waals surface area contributed by atoms with Gasteiger partial charge in [0.1, 0.15) is 29.9 Å². The molecule has 0 bridgehead atoms. The van der Waals surface area contributed by atoms with Crippen LogP contribution in [0.15, 0.2) is 65.2 Å². The number of nitrogens with one attached hydrogen (secondary N) is 1. The van der Waals surface area contributed by atoms with E-state index in [1.54, 1.807) is 30.2 Å². The summed E-state index contributed by atoms with van der Waals surface area (Å²) in [7, 11) is 0. The minimum atomic E-state index is -0.397. The number of halogens is 1. The van der Waals surface area contributed by atoms with Crippen molar-refractivity contribution >= 4 is 23.3 Å². The van der Waals surface area contributed by atoms with Crippen molar-refractivity contribution < 1.29 is 18.3 Å². The number of furan rings is 1. The van der Waals surface area contributed by atoms with Crippen LogP contribution in [-0.4, -0.2) is 34.1 Å². The molecule has 0 saturated carbocycles. The summed E-state index contributed by atoms with van der Waals surface area (Å²) in [5.74, 6) is 0.519. The number of pyridine rings is 1. The number of carbonyl (C=O) groups excluding carboxylic acids is 1. The van der Waals surface area contributed by atoms with Crippen molar-refractivity contribution in [1.82, 2.24) is 15.2 Å². The number of thiocarbonyl (C=S) groups is 1. The highest BCUT2D eigenvalue weighted by Gasteiger charge is 2.42. The predicted molar refractivity (Wildman–Crippen MR) is 113 cm³/mol. The molecule has 6 nitrogen and oxygen atoms in total. The molecule has 1 aliphatic heterocycles. The van der Waals surface area contributed by atoms with E-state index in [4.69, 9.17) is 21.4 Å². The summed E-state index contributed by atoms with van der Waals surface area (Å²) < 4.78 is 24.5. The average Bonchev–Trinajstić information content (AvgIpc) is 3.35. The van der Waals surface area contributed by atoms with Gasteiger partial charge in [-0.25, -0.2) is 4.39 Å². The summed E-state index contributed by atoms with van der Waals surface area (Å²) in [6, 6.07) is 14.7. The van der Waals surface area contributed by atoms with Crippen molar-refractivity contribution in [3.63, 3.8) is 0 Å². The van der Waals surface area contributed by atoms with E-state index in [0.717, 1.165) is 11.3 Å². The topological polar surface area (TPSA) is 67.6 Å². The number of nitrogens with zero attached hydrogens (tertiary/aromatic N) is 2. The number of hydrogen-bond acceptors (Lipinski definition) is 5. The van der Waals surface area contributed by atoms with Gasteiger partial charge in [0.15, 0.2) is 5.11 Å². The molecule has 1 N–H and O–H groups in total. The molecular weight excluding hydrogens is 405 g/mol. The van der Waals surface area contributed by atoms with Crippen LogP contribution in [0.5, 0.6) is 0 Å². The number of carbonyl (C=O) groups is 1. The Morgan fingerprint density at radius 2 is 2.03 bits per heavy atom. The lowest BCUT2D eigenvalue weighted by Crippen LogP contribution is -2.35. The van der Waals surface area contributed by atoms with Gasteiger partial charge in [-0.15, -0.1) is 0 Å². The first-order valence-corrected chi connectivity index (χ1v) is 9.97. The van der Waals surface area contributed by atoms with E-state index in [1.807, 2.05) is 30.3 Å². The molecule has 0 aliphatic carbocycles. The van der Waals surface area contributed by atoms with Gasteiger partial charge in [0.2, 0.25) is 0 Å². The molecule has 154 valence electrons.